The molecule has 0 saturated carbocycles. The van der Waals surface area contributed by atoms with Gasteiger partial charge in [0.05, 0.1) is 5.75 Å². The van der Waals surface area contributed by atoms with Crippen LogP contribution in [0.4, 0.5) is 11.9 Å². The second-order valence-corrected chi connectivity index (χ2v) is 9.01. The van der Waals surface area contributed by atoms with Crippen molar-refractivity contribution in [2.75, 3.05) is 42.8 Å². The Morgan fingerprint density at radius 1 is 1.12 bits per heavy atom. The van der Waals surface area contributed by atoms with E-state index in [1.54, 1.807) is 4.40 Å². The van der Waals surface area contributed by atoms with Crippen LogP contribution in [0.15, 0.2) is 23.4 Å². The Labute approximate surface area is 196 Å². The molecule has 0 radical (unpaired) electrons. The largest absolute Gasteiger partial charge is 0.454 e. The minimum Gasteiger partial charge on any atom is -0.454 e. The molecule has 3 aromatic rings. The summed E-state index contributed by atoms with van der Waals surface area (Å²) in [5.74, 6) is 3.05. The second kappa shape index (κ2) is 9.69. The maximum Gasteiger partial charge on any atom is 0.261 e. The summed E-state index contributed by atoms with van der Waals surface area (Å²) < 4.78 is 12.6. The van der Waals surface area contributed by atoms with Gasteiger partial charge in [0.25, 0.3) is 5.78 Å². The molecule has 4 rings (SSSR count). The highest BCUT2D eigenvalue weighted by Gasteiger charge is 2.25. The molecule has 0 atom stereocenters. The molecule has 0 aliphatic carbocycles. The number of anilines is 2. The van der Waals surface area contributed by atoms with Gasteiger partial charge in [-0.3, -0.25) is 4.79 Å². The van der Waals surface area contributed by atoms with Crippen LogP contribution in [-0.4, -0.2) is 62.7 Å². The van der Waals surface area contributed by atoms with Crippen LogP contribution in [-0.2, 0) is 10.2 Å². The van der Waals surface area contributed by atoms with Crippen molar-refractivity contribution in [3.63, 3.8) is 0 Å². The summed E-state index contributed by atoms with van der Waals surface area (Å²) in [5, 5.41) is 18.2. The van der Waals surface area contributed by atoms with Gasteiger partial charge in [-0.05, 0) is 31.5 Å². The average Bonchev–Trinajstić information content (AvgIpc) is 3.43. The summed E-state index contributed by atoms with van der Waals surface area (Å²) >= 11 is 1.29. The summed E-state index contributed by atoms with van der Waals surface area (Å²) in [7, 11) is 0. The SMILES string of the molecule is CCNc1nc(NCC)n2c(SCC(=O)NCC(C)(C)c3ccc4c(c3)OCO4)nnc2n1. The van der Waals surface area contributed by atoms with E-state index in [4.69, 9.17) is 9.47 Å². The van der Waals surface area contributed by atoms with Crippen molar-refractivity contribution in [2.45, 2.75) is 38.3 Å². The van der Waals surface area contributed by atoms with E-state index in [1.165, 1.54) is 11.8 Å². The van der Waals surface area contributed by atoms with Crippen molar-refractivity contribution >= 4 is 35.3 Å². The number of nitrogens with one attached hydrogen (secondary N) is 3. The van der Waals surface area contributed by atoms with Gasteiger partial charge in [-0.2, -0.15) is 9.97 Å². The van der Waals surface area contributed by atoms with E-state index < -0.39 is 0 Å². The van der Waals surface area contributed by atoms with E-state index >= 15 is 0 Å². The van der Waals surface area contributed by atoms with E-state index in [0.29, 0.717) is 42.5 Å². The third-order valence-corrected chi connectivity index (χ3v) is 6.06. The highest BCUT2D eigenvalue weighted by atomic mass is 32.2. The number of aromatic nitrogens is 5. The number of nitrogens with zero attached hydrogens (tertiary/aromatic N) is 5. The minimum absolute atomic E-state index is 0.0965. The number of carbonyl (C=O) groups excluding carboxylic acids is 1. The fourth-order valence-electron chi connectivity index (χ4n) is 3.32. The Bertz CT molecular complexity index is 1150. The maximum atomic E-state index is 12.6. The molecule has 1 aromatic carbocycles. The lowest BCUT2D eigenvalue weighted by molar-refractivity contribution is -0.118. The quantitative estimate of drug-likeness (QED) is 0.378. The molecule has 0 fully saturated rings. The van der Waals surface area contributed by atoms with Crippen LogP contribution in [0.1, 0.15) is 33.3 Å². The minimum atomic E-state index is -0.280. The van der Waals surface area contributed by atoms with Crippen LogP contribution in [0.25, 0.3) is 5.78 Å². The second-order valence-electron chi connectivity index (χ2n) is 8.07. The van der Waals surface area contributed by atoms with E-state index in [0.717, 1.165) is 17.1 Å². The summed E-state index contributed by atoms with van der Waals surface area (Å²) in [6, 6.07) is 5.87. The Kier molecular flexibility index (Phi) is 6.72. The molecule has 0 unspecified atom stereocenters. The zero-order valence-corrected chi connectivity index (χ0v) is 20.0. The lowest BCUT2D eigenvalue weighted by Gasteiger charge is -2.26. The number of amides is 1. The summed E-state index contributed by atoms with van der Waals surface area (Å²) in [6.07, 6.45) is 0. The van der Waals surface area contributed by atoms with Crippen molar-refractivity contribution in [3.8, 4) is 11.5 Å². The predicted octanol–water partition coefficient (Wildman–Crippen LogP) is 2.30. The number of hydrogen-bond acceptors (Lipinski definition) is 10. The molecule has 2 aromatic heterocycles. The smallest absolute Gasteiger partial charge is 0.261 e. The normalized spacial score (nSPS) is 12.7. The van der Waals surface area contributed by atoms with Crippen molar-refractivity contribution < 1.29 is 14.3 Å². The van der Waals surface area contributed by atoms with Gasteiger partial charge in [0.15, 0.2) is 16.7 Å². The standard InChI is InChI=1S/C21H28N8O3S/c1-5-22-17-25-18(23-6-2)29-19(26-17)27-28-20(29)33-10-16(30)24-11-21(3,4)13-7-8-14-15(9-13)32-12-31-14/h7-9H,5-6,10-12H2,1-4H3,(H,24,30)(H2,22,23,25,26,27). The maximum absolute atomic E-state index is 12.6. The summed E-state index contributed by atoms with van der Waals surface area (Å²) in [6.45, 7) is 10.2. The fourth-order valence-corrected chi connectivity index (χ4v) is 4.08. The number of thioether (sulfide) groups is 1. The molecule has 1 aliphatic rings. The van der Waals surface area contributed by atoms with Crippen LogP contribution in [0.5, 0.6) is 11.5 Å². The van der Waals surface area contributed by atoms with Gasteiger partial charge in [-0.25, -0.2) is 4.40 Å². The van der Waals surface area contributed by atoms with Gasteiger partial charge in [-0.1, -0.05) is 31.7 Å². The number of hydrogen-bond donors (Lipinski definition) is 3. The summed E-state index contributed by atoms with van der Waals surface area (Å²) in [5.41, 5.74) is 0.782. The molecule has 0 saturated heterocycles. The number of ether oxygens (including phenoxy) is 2. The number of fused-ring (bicyclic) bond motifs is 2. The van der Waals surface area contributed by atoms with Crippen LogP contribution >= 0.6 is 11.8 Å². The molecule has 176 valence electrons. The number of benzene rings is 1. The monoisotopic (exact) mass is 472 g/mol. The van der Waals surface area contributed by atoms with Gasteiger partial charge in [0.2, 0.25) is 24.6 Å². The topological polar surface area (TPSA) is 128 Å². The van der Waals surface area contributed by atoms with Crippen molar-refractivity contribution in [2.24, 2.45) is 0 Å². The first-order chi connectivity index (χ1) is 15.9. The first-order valence-corrected chi connectivity index (χ1v) is 11.8. The van der Waals surface area contributed by atoms with Crippen molar-refractivity contribution in [1.29, 1.82) is 0 Å². The molecule has 3 heterocycles. The van der Waals surface area contributed by atoms with Gasteiger partial charge in [0, 0.05) is 25.0 Å². The van der Waals surface area contributed by atoms with Crippen LogP contribution < -0.4 is 25.4 Å². The molecular formula is C21H28N8O3S. The average molecular weight is 473 g/mol. The first kappa shape index (κ1) is 22.9. The molecule has 11 nitrogen and oxygen atoms in total. The third-order valence-electron chi connectivity index (χ3n) is 5.13. The molecule has 1 amide bonds. The summed E-state index contributed by atoms with van der Waals surface area (Å²) in [4.78, 5) is 21.5. The van der Waals surface area contributed by atoms with Crippen molar-refractivity contribution in [3.05, 3.63) is 23.8 Å². The van der Waals surface area contributed by atoms with Gasteiger partial charge in [0.1, 0.15) is 0 Å². The van der Waals surface area contributed by atoms with Crippen molar-refractivity contribution in [1.82, 2.24) is 29.9 Å². The zero-order chi connectivity index (χ0) is 23.4. The molecule has 33 heavy (non-hydrogen) atoms. The molecule has 12 heteroatoms. The molecule has 3 N–H and O–H groups in total. The fraction of sp³-hybridized carbons (Fsp3) is 0.476. The molecule has 0 spiro atoms. The van der Waals surface area contributed by atoms with Gasteiger partial charge in [-0.15, -0.1) is 10.2 Å². The van der Waals surface area contributed by atoms with E-state index in [-0.39, 0.29) is 23.9 Å². The Morgan fingerprint density at radius 2 is 1.91 bits per heavy atom. The molecular weight excluding hydrogens is 444 g/mol. The van der Waals surface area contributed by atoms with Crippen LogP contribution in [0.3, 0.4) is 0 Å². The van der Waals surface area contributed by atoms with E-state index in [2.05, 4.69) is 50.0 Å². The van der Waals surface area contributed by atoms with Crippen LogP contribution in [0.2, 0.25) is 0 Å². The zero-order valence-electron chi connectivity index (χ0n) is 19.1. The number of carbonyl (C=O) groups is 1. The Balaban J connectivity index is 1.39. The lowest BCUT2D eigenvalue weighted by Crippen LogP contribution is -2.37. The lowest BCUT2D eigenvalue weighted by atomic mass is 9.84. The molecule has 0 bridgehead atoms. The highest BCUT2D eigenvalue weighted by molar-refractivity contribution is 7.99. The molecule has 1 aliphatic heterocycles. The first-order valence-electron chi connectivity index (χ1n) is 10.8. The highest BCUT2D eigenvalue weighted by Crippen LogP contribution is 2.36. The van der Waals surface area contributed by atoms with Gasteiger partial charge >= 0.3 is 0 Å². The van der Waals surface area contributed by atoms with E-state index in [9.17, 15) is 4.79 Å². The third kappa shape index (κ3) is 5.05. The predicted molar refractivity (Wildman–Crippen MR) is 126 cm³/mol. The Hall–Kier alpha value is -3.28. The number of rotatable bonds is 10. The Morgan fingerprint density at radius 3 is 2.70 bits per heavy atom. The van der Waals surface area contributed by atoms with Crippen LogP contribution in [0, 0.1) is 0 Å². The van der Waals surface area contributed by atoms with Gasteiger partial charge < -0.3 is 25.4 Å². The van der Waals surface area contributed by atoms with E-state index in [1.807, 2.05) is 32.0 Å².